The Morgan fingerprint density at radius 3 is 2.41 bits per heavy atom. The van der Waals surface area contributed by atoms with Gasteiger partial charge < -0.3 is 9.47 Å². The van der Waals surface area contributed by atoms with E-state index in [0.29, 0.717) is 25.2 Å². The Hall–Kier alpha value is -1.97. The van der Waals surface area contributed by atoms with Crippen LogP contribution in [0.2, 0.25) is 0 Å². The SMILES string of the molecule is CCCC(=O)C(C)CCOc1ccc(S(=O)(=O)C2(C(=O)NO)CCOCC2)cc1. The van der Waals surface area contributed by atoms with Crippen LogP contribution in [0, 0.1) is 5.92 Å². The maximum atomic E-state index is 13.2. The summed E-state index contributed by atoms with van der Waals surface area (Å²) < 4.78 is 35.4. The van der Waals surface area contributed by atoms with Gasteiger partial charge in [-0.3, -0.25) is 14.8 Å². The zero-order valence-corrected chi connectivity index (χ0v) is 17.7. The number of carbonyl (C=O) groups excluding carboxylic acids is 2. The average molecular weight is 428 g/mol. The molecule has 162 valence electrons. The number of benzene rings is 1. The van der Waals surface area contributed by atoms with Crippen LogP contribution in [-0.2, 0) is 24.2 Å². The van der Waals surface area contributed by atoms with Gasteiger partial charge in [-0.25, -0.2) is 13.9 Å². The fourth-order valence-corrected chi connectivity index (χ4v) is 5.31. The first-order valence-corrected chi connectivity index (χ1v) is 11.3. The molecular formula is C20H29NO7S. The summed E-state index contributed by atoms with van der Waals surface area (Å²) in [6, 6.07) is 5.82. The van der Waals surface area contributed by atoms with Gasteiger partial charge in [-0.2, -0.15) is 0 Å². The normalized spacial score (nSPS) is 17.3. The van der Waals surface area contributed by atoms with Crippen LogP contribution in [0.25, 0.3) is 0 Å². The van der Waals surface area contributed by atoms with Crippen molar-refractivity contribution in [1.82, 2.24) is 5.48 Å². The third kappa shape index (κ3) is 5.15. The van der Waals surface area contributed by atoms with Gasteiger partial charge in [-0.1, -0.05) is 13.8 Å². The lowest BCUT2D eigenvalue weighted by Crippen LogP contribution is -2.54. The molecule has 29 heavy (non-hydrogen) atoms. The van der Waals surface area contributed by atoms with Crippen LogP contribution in [0.15, 0.2) is 29.2 Å². The van der Waals surface area contributed by atoms with Gasteiger partial charge in [0.2, 0.25) is 0 Å². The molecule has 2 rings (SSSR count). The van der Waals surface area contributed by atoms with Crippen LogP contribution in [-0.4, -0.2) is 49.9 Å². The van der Waals surface area contributed by atoms with Crippen molar-refractivity contribution in [2.45, 2.75) is 55.6 Å². The summed E-state index contributed by atoms with van der Waals surface area (Å²) >= 11 is 0. The molecule has 1 aliphatic heterocycles. The molecule has 0 radical (unpaired) electrons. The quantitative estimate of drug-likeness (QED) is 0.434. The molecule has 0 aliphatic carbocycles. The molecule has 8 nitrogen and oxygen atoms in total. The first-order valence-electron chi connectivity index (χ1n) is 9.81. The Morgan fingerprint density at radius 2 is 1.86 bits per heavy atom. The highest BCUT2D eigenvalue weighted by Gasteiger charge is 2.52. The van der Waals surface area contributed by atoms with E-state index in [-0.39, 0.29) is 42.7 Å². The van der Waals surface area contributed by atoms with E-state index >= 15 is 0 Å². The second-order valence-corrected chi connectivity index (χ2v) is 9.54. The number of carbonyl (C=O) groups is 2. The van der Waals surface area contributed by atoms with Crippen LogP contribution in [0.5, 0.6) is 5.75 Å². The van der Waals surface area contributed by atoms with Crippen molar-refractivity contribution in [2.75, 3.05) is 19.8 Å². The van der Waals surface area contributed by atoms with E-state index in [1.54, 1.807) is 0 Å². The Bertz CT molecular complexity index is 799. The first-order chi connectivity index (χ1) is 13.8. The van der Waals surface area contributed by atoms with Crippen molar-refractivity contribution in [2.24, 2.45) is 5.92 Å². The predicted octanol–water partition coefficient (Wildman–Crippen LogP) is 2.29. The van der Waals surface area contributed by atoms with Gasteiger partial charge in [-0.05, 0) is 49.9 Å². The Labute approximate surface area is 171 Å². The third-order valence-electron chi connectivity index (χ3n) is 5.33. The van der Waals surface area contributed by atoms with Crippen LogP contribution in [0.1, 0.15) is 46.0 Å². The van der Waals surface area contributed by atoms with Gasteiger partial charge in [0.05, 0.1) is 11.5 Å². The second-order valence-electron chi connectivity index (χ2n) is 7.28. The van der Waals surface area contributed by atoms with Gasteiger partial charge in [-0.15, -0.1) is 0 Å². The summed E-state index contributed by atoms with van der Waals surface area (Å²) in [6.07, 6.45) is 1.88. The standard InChI is InChI=1S/C20H29NO7S/c1-3-4-18(22)15(2)9-12-28-16-5-7-17(8-6-16)29(25,26)20(19(23)21-24)10-13-27-14-11-20/h5-8,15,24H,3-4,9-14H2,1-2H3,(H,21,23). The summed E-state index contributed by atoms with van der Waals surface area (Å²) in [5.74, 6) is -0.347. The lowest BCUT2D eigenvalue weighted by molar-refractivity contribution is -0.134. The largest absolute Gasteiger partial charge is 0.494 e. The van der Waals surface area contributed by atoms with E-state index in [2.05, 4.69) is 0 Å². The van der Waals surface area contributed by atoms with Crippen LogP contribution < -0.4 is 10.2 Å². The Balaban J connectivity index is 2.08. The summed E-state index contributed by atoms with van der Waals surface area (Å²) in [6.45, 7) is 4.41. The van der Waals surface area contributed by atoms with Gasteiger partial charge in [0.15, 0.2) is 14.6 Å². The molecular weight excluding hydrogens is 398 g/mol. The second kappa shape index (κ2) is 10.2. The van der Waals surface area contributed by atoms with E-state index in [4.69, 9.17) is 14.7 Å². The lowest BCUT2D eigenvalue weighted by Gasteiger charge is -2.34. The van der Waals surface area contributed by atoms with E-state index in [1.807, 2.05) is 13.8 Å². The van der Waals surface area contributed by atoms with Gasteiger partial charge in [0.1, 0.15) is 11.5 Å². The first kappa shape index (κ1) is 23.3. The highest BCUT2D eigenvalue weighted by molar-refractivity contribution is 7.93. The number of ether oxygens (including phenoxy) is 2. The van der Waals surface area contributed by atoms with E-state index in [1.165, 1.54) is 29.7 Å². The van der Waals surface area contributed by atoms with E-state index in [9.17, 15) is 18.0 Å². The van der Waals surface area contributed by atoms with Crippen molar-refractivity contribution in [3.8, 4) is 5.75 Å². The molecule has 1 unspecified atom stereocenters. The molecule has 0 spiro atoms. The van der Waals surface area contributed by atoms with E-state index in [0.717, 1.165) is 6.42 Å². The van der Waals surface area contributed by atoms with E-state index < -0.39 is 20.5 Å². The lowest BCUT2D eigenvalue weighted by atomic mass is 9.98. The van der Waals surface area contributed by atoms with Crippen LogP contribution in [0.4, 0.5) is 0 Å². The molecule has 2 N–H and O–H groups in total. The maximum absolute atomic E-state index is 13.2. The Kier molecular flexibility index (Phi) is 8.18. The van der Waals surface area contributed by atoms with Crippen molar-refractivity contribution in [3.63, 3.8) is 0 Å². The molecule has 1 saturated heterocycles. The molecule has 1 aromatic carbocycles. The molecule has 9 heteroatoms. The third-order valence-corrected chi connectivity index (χ3v) is 7.85. The molecule has 1 aliphatic rings. The van der Waals surface area contributed by atoms with Crippen molar-refractivity contribution >= 4 is 21.5 Å². The average Bonchev–Trinajstić information content (AvgIpc) is 2.74. The van der Waals surface area contributed by atoms with Crippen molar-refractivity contribution in [3.05, 3.63) is 24.3 Å². The highest BCUT2D eigenvalue weighted by Crippen LogP contribution is 2.35. The summed E-state index contributed by atoms with van der Waals surface area (Å²) in [5, 5.41) is 9.07. The monoisotopic (exact) mass is 427 g/mol. The minimum Gasteiger partial charge on any atom is -0.494 e. The van der Waals surface area contributed by atoms with Crippen LogP contribution >= 0.6 is 0 Å². The summed E-state index contributed by atoms with van der Waals surface area (Å²) in [7, 11) is -4.06. The maximum Gasteiger partial charge on any atom is 0.265 e. The van der Waals surface area contributed by atoms with Gasteiger partial charge in [0.25, 0.3) is 5.91 Å². The molecule has 0 aromatic heterocycles. The molecule has 0 bridgehead atoms. The number of hydrogen-bond acceptors (Lipinski definition) is 7. The topological polar surface area (TPSA) is 119 Å². The highest BCUT2D eigenvalue weighted by atomic mass is 32.2. The predicted molar refractivity (Wildman–Crippen MR) is 106 cm³/mol. The number of nitrogens with one attached hydrogen (secondary N) is 1. The van der Waals surface area contributed by atoms with Crippen molar-refractivity contribution < 1.29 is 32.7 Å². The summed E-state index contributed by atoms with van der Waals surface area (Å²) in [5.41, 5.74) is 1.49. The minimum atomic E-state index is -4.06. The number of hydroxylamine groups is 1. The smallest absolute Gasteiger partial charge is 0.265 e. The fraction of sp³-hybridized carbons (Fsp3) is 0.600. The zero-order valence-electron chi connectivity index (χ0n) is 16.8. The number of sulfone groups is 1. The molecule has 1 aromatic rings. The van der Waals surface area contributed by atoms with Crippen LogP contribution in [0.3, 0.4) is 0 Å². The number of rotatable bonds is 10. The number of Topliss-reactive ketones (excluding diaryl/α,β-unsaturated/α-hetero) is 1. The minimum absolute atomic E-state index is 0.0261. The van der Waals surface area contributed by atoms with Gasteiger partial charge >= 0.3 is 0 Å². The molecule has 1 fully saturated rings. The van der Waals surface area contributed by atoms with Gasteiger partial charge in [0, 0.05) is 25.6 Å². The molecule has 1 atom stereocenters. The molecule has 0 saturated carbocycles. The fourth-order valence-electron chi connectivity index (χ4n) is 3.37. The van der Waals surface area contributed by atoms with Crippen molar-refractivity contribution in [1.29, 1.82) is 0 Å². The molecule has 1 amide bonds. The molecule has 1 heterocycles. The number of amides is 1. The summed E-state index contributed by atoms with van der Waals surface area (Å²) in [4.78, 5) is 24.0. The number of hydrogen-bond donors (Lipinski definition) is 2. The Morgan fingerprint density at radius 1 is 1.24 bits per heavy atom. The zero-order chi connectivity index (χ0) is 21.5. The number of ketones is 1.